The highest BCUT2D eigenvalue weighted by Gasteiger charge is 2.42. The van der Waals surface area contributed by atoms with Crippen molar-refractivity contribution in [3.8, 4) is 24.7 Å². The fourth-order valence-electron chi connectivity index (χ4n) is 9.40. The van der Waals surface area contributed by atoms with Crippen molar-refractivity contribution in [3.63, 3.8) is 0 Å². The predicted molar refractivity (Wildman–Crippen MR) is 258 cm³/mol. The zero-order valence-electron chi connectivity index (χ0n) is 38.4. The molecule has 4 rings (SSSR count). The van der Waals surface area contributed by atoms with Gasteiger partial charge in [-0.3, -0.25) is 9.59 Å². The zero-order valence-corrected chi connectivity index (χ0v) is 38.4. The molecule has 0 spiro atoms. The summed E-state index contributed by atoms with van der Waals surface area (Å²) in [5, 5.41) is 0. The van der Waals surface area contributed by atoms with Gasteiger partial charge in [-0.15, -0.1) is 12.8 Å². The molecular formula is C56H82N2O2. The maximum atomic E-state index is 14.4. The third-order valence-corrected chi connectivity index (χ3v) is 13.1. The van der Waals surface area contributed by atoms with Crippen LogP contribution in [0.15, 0.2) is 47.8 Å². The number of ketones is 2. The van der Waals surface area contributed by atoms with Crippen molar-refractivity contribution in [1.29, 1.82) is 0 Å². The van der Waals surface area contributed by atoms with E-state index >= 15 is 0 Å². The summed E-state index contributed by atoms with van der Waals surface area (Å²) >= 11 is 0. The van der Waals surface area contributed by atoms with Crippen molar-refractivity contribution < 1.29 is 9.59 Å². The fourth-order valence-corrected chi connectivity index (χ4v) is 9.40. The molecule has 0 amide bonds. The monoisotopic (exact) mass is 815 g/mol. The van der Waals surface area contributed by atoms with E-state index in [1.54, 1.807) is 0 Å². The number of benzene rings is 2. The summed E-state index contributed by atoms with van der Waals surface area (Å²) in [7, 11) is 0. The van der Waals surface area contributed by atoms with Crippen LogP contribution in [0.1, 0.15) is 251 Å². The first-order valence-electron chi connectivity index (χ1n) is 25.2. The third-order valence-electron chi connectivity index (χ3n) is 13.1. The van der Waals surface area contributed by atoms with Gasteiger partial charge in [-0.2, -0.15) is 0 Å². The number of rotatable bonds is 34. The molecule has 4 nitrogen and oxygen atoms in total. The highest BCUT2D eigenvalue weighted by atomic mass is 16.1. The van der Waals surface area contributed by atoms with Gasteiger partial charge in [-0.25, -0.2) is 0 Å². The van der Waals surface area contributed by atoms with Crippen molar-refractivity contribution >= 4 is 22.9 Å². The fraction of sp³-hybridized carbons (Fsp3) is 0.643. The Hall–Kier alpha value is -3.76. The third kappa shape index (κ3) is 15.9. The van der Waals surface area contributed by atoms with Crippen LogP contribution in [0, 0.1) is 24.7 Å². The molecule has 0 atom stereocenters. The summed E-state index contributed by atoms with van der Waals surface area (Å²) in [5.41, 5.74) is 5.27. The number of terminal acetylenes is 2. The second kappa shape index (κ2) is 29.5. The number of unbranched alkanes of at least 4 members (excludes halogenated alkanes) is 30. The van der Waals surface area contributed by atoms with Crippen LogP contribution in [0.3, 0.4) is 0 Å². The second-order valence-corrected chi connectivity index (χ2v) is 18.0. The average molecular weight is 815 g/mol. The van der Waals surface area contributed by atoms with E-state index < -0.39 is 0 Å². The standard InChI is InChI=1S/C56H82N2O2/c1-5-9-11-13-15-17-19-21-23-25-27-29-31-33-35-37-43-57-51-41-39-47(7-3)45-49(51)55(59)53(57)54-56(60)50-46-48(8-4)40-42-52(50)58(54)44-38-36-34-32-30-28-26-24-22-20-18-16-14-12-10-6-2/h3-4,39-42,45-46H,5-6,9-38,43-44H2,1-2H3/b54-53+. The molecule has 60 heavy (non-hydrogen) atoms. The van der Waals surface area contributed by atoms with E-state index in [9.17, 15) is 9.59 Å². The van der Waals surface area contributed by atoms with Crippen LogP contribution in [-0.4, -0.2) is 24.7 Å². The van der Waals surface area contributed by atoms with Crippen LogP contribution in [0.5, 0.6) is 0 Å². The van der Waals surface area contributed by atoms with Crippen LogP contribution >= 0.6 is 0 Å². The Morgan fingerprint density at radius 3 is 0.883 bits per heavy atom. The number of fused-ring (bicyclic) bond motifs is 2. The van der Waals surface area contributed by atoms with Gasteiger partial charge < -0.3 is 9.80 Å². The molecule has 0 N–H and O–H groups in total. The van der Waals surface area contributed by atoms with Crippen molar-refractivity contribution in [2.75, 3.05) is 22.9 Å². The van der Waals surface area contributed by atoms with Crippen molar-refractivity contribution in [2.45, 2.75) is 219 Å². The number of Topliss-reactive ketones (excluding diaryl/α,β-unsaturated/α-hetero) is 2. The predicted octanol–water partition coefficient (Wildman–Crippen LogP) is 16.1. The van der Waals surface area contributed by atoms with Gasteiger partial charge in [0.1, 0.15) is 11.4 Å². The molecule has 2 aromatic carbocycles. The van der Waals surface area contributed by atoms with Crippen LogP contribution < -0.4 is 9.80 Å². The van der Waals surface area contributed by atoms with E-state index in [-0.39, 0.29) is 11.6 Å². The molecule has 0 fully saturated rings. The summed E-state index contributed by atoms with van der Waals surface area (Å²) in [6.45, 7) is 5.95. The van der Waals surface area contributed by atoms with Gasteiger partial charge in [0, 0.05) is 35.3 Å². The molecular weight excluding hydrogens is 733 g/mol. The van der Waals surface area contributed by atoms with Gasteiger partial charge in [0.05, 0.1) is 11.4 Å². The summed E-state index contributed by atoms with van der Waals surface area (Å²) in [6.07, 6.45) is 53.6. The molecule has 0 aromatic heterocycles. The van der Waals surface area contributed by atoms with Crippen LogP contribution in [0.4, 0.5) is 11.4 Å². The zero-order chi connectivity index (χ0) is 42.6. The molecule has 2 heterocycles. The van der Waals surface area contributed by atoms with Gasteiger partial charge in [-0.05, 0) is 49.2 Å². The number of hydrogen-bond acceptors (Lipinski definition) is 4. The maximum absolute atomic E-state index is 14.4. The lowest BCUT2D eigenvalue weighted by molar-refractivity contribution is 0.100. The SMILES string of the molecule is C#Cc1ccc2c(c1)C(=O)/C(=C1/C(=O)c3cc(C#C)ccc3N1CCCCCCCCCCCCCCCCCC)N2CCCCCCCCCCCCCCCCCC. The molecule has 0 saturated carbocycles. The normalized spacial score (nSPS) is 14.5. The van der Waals surface area contributed by atoms with Gasteiger partial charge in [0.2, 0.25) is 11.6 Å². The first kappa shape index (κ1) is 48.9. The first-order valence-corrected chi connectivity index (χ1v) is 25.2. The minimum Gasteiger partial charge on any atom is -0.336 e. The van der Waals surface area contributed by atoms with E-state index in [2.05, 4.69) is 35.5 Å². The van der Waals surface area contributed by atoms with Gasteiger partial charge in [0.25, 0.3) is 0 Å². The highest BCUT2D eigenvalue weighted by molar-refractivity contribution is 6.28. The summed E-state index contributed by atoms with van der Waals surface area (Å²) in [4.78, 5) is 33.1. The second-order valence-electron chi connectivity index (χ2n) is 18.0. The number of carbonyl (C=O) groups is 2. The summed E-state index contributed by atoms with van der Waals surface area (Å²) in [6, 6.07) is 11.4. The van der Waals surface area contributed by atoms with Gasteiger partial charge >= 0.3 is 0 Å². The summed E-state index contributed by atoms with van der Waals surface area (Å²) in [5.74, 6) is 5.21. The number of allylic oxidation sites excluding steroid dienone is 2. The molecule has 2 aliphatic heterocycles. The van der Waals surface area contributed by atoms with Crippen LogP contribution in [0.2, 0.25) is 0 Å². The topological polar surface area (TPSA) is 40.6 Å². The molecule has 4 heteroatoms. The Balaban J connectivity index is 1.28. The Morgan fingerprint density at radius 2 is 0.633 bits per heavy atom. The lowest BCUT2D eigenvalue weighted by atomic mass is 10.0. The number of hydrogen-bond donors (Lipinski definition) is 0. The molecule has 0 radical (unpaired) electrons. The number of nitrogens with zero attached hydrogens (tertiary/aromatic N) is 2. The first-order chi connectivity index (χ1) is 29.5. The summed E-state index contributed by atoms with van der Waals surface area (Å²) < 4.78 is 0. The Labute approximate surface area is 368 Å². The van der Waals surface area contributed by atoms with Gasteiger partial charge in [0.15, 0.2) is 0 Å². The van der Waals surface area contributed by atoms with Crippen molar-refractivity contribution in [2.24, 2.45) is 0 Å². The number of anilines is 2. The van der Waals surface area contributed by atoms with E-state index in [1.807, 2.05) is 36.4 Å². The minimum absolute atomic E-state index is 0.108. The van der Waals surface area contributed by atoms with Crippen LogP contribution in [0.25, 0.3) is 0 Å². The van der Waals surface area contributed by atoms with Crippen LogP contribution in [-0.2, 0) is 0 Å². The number of carbonyl (C=O) groups excluding carboxylic acids is 2. The van der Waals surface area contributed by atoms with Crippen molar-refractivity contribution in [3.05, 3.63) is 70.0 Å². The molecule has 0 bridgehead atoms. The molecule has 0 aliphatic carbocycles. The largest absolute Gasteiger partial charge is 0.336 e. The van der Waals surface area contributed by atoms with E-state index in [1.165, 1.54) is 180 Å². The molecule has 328 valence electrons. The van der Waals surface area contributed by atoms with E-state index in [4.69, 9.17) is 12.8 Å². The molecule has 0 saturated heterocycles. The molecule has 2 aliphatic rings. The lowest BCUT2D eigenvalue weighted by Gasteiger charge is -2.26. The highest BCUT2D eigenvalue weighted by Crippen LogP contribution is 2.43. The van der Waals surface area contributed by atoms with E-state index in [0.717, 1.165) is 37.1 Å². The maximum Gasteiger partial charge on any atom is 0.213 e. The quantitative estimate of drug-likeness (QED) is 0.0401. The average Bonchev–Trinajstić information content (AvgIpc) is 3.69. The lowest BCUT2D eigenvalue weighted by Crippen LogP contribution is -2.31. The Bertz CT molecular complexity index is 1560. The Morgan fingerprint density at radius 1 is 0.383 bits per heavy atom. The smallest absolute Gasteiger partial charge is 0.213 e. The Kier molecular flexibility index (Phi) is 24.0. The van der Waals surface area contributed by atoms with E-state index in [0.29, 0.717) is 46.7 Å². The molecule has 2 aromatic rings. The van der Waals surface area contributed by atoms with Gasteiger partial charge in [-0.1, -0.05) is 218 Å². The minimum atomic E-state index is -0.108. The molecule has 0 unspecified atom stereocenters. The van der Waals surface area contributed by atoms with Crippen molar-refractivity contribution in [1.82, 2.24) is 0 Å².